The van der Waals surface area contributed by atoms with Crippen LogP contribution >= 0.6 is 0 Å². The number of anilines is 1. The molecule has 1 N–H and O–H groups in total. The van der Waals surface area contributed by atoms with Crippen LogP contribution in [0.4, 0.5) is 5.69 Å². The number of nitrogens with zero attached hydrogens (tertiary/aromatic N) is 4. The molecule has 3 heterocycles. The largest absolute Gasteiger partial charge is 0.393 e. The Hall–Kier alpha value is -1.62. The second-order valence-electron chi connectivity index (χ2n) is 6.23. The maximum atomic E-state index is 9.85. The molecule has 0 amide bonds. The first kappa shape index (κ1) is 12.1. The summed E-state index contributed by atoms with van der Waals surface area (Å²) in [6.07, 6.45) is 6.77. The summed E-state index contributed by atoms with van der Waals surface area (Å²) in [5, 5.41) is 15.3. The zero-order valence-corrected chi connectivity index (χ0v) is 11.7. The van der Waals surface area contributed by atoms with E-state index in [1.165, 1.54) is 5.69 Å². The van der Waals surface area contributed by atoms with E-state index in [-0.39, 0.29) is 6.10 Å². The zero-order chi connectivity index (χ0) is 13.7. The number of aromatic nitrogens is 3. The van der Waals surface area contributed by atoms with Gasteiger partial charge in [-0.05, 0) is 37.2 Å². The SMILES string of the molecule is Cn1ncc2c(N3CC4CCC(O)CC4C3)ccnc21. The van der Waals surface area contributed by atoms with E-state index < -0.39 is 0 Å². The number of aliphatic hydroxyl groups excluding tert-OH is 1. The van der Waals surface area contributed by atoms with E-state index in [4.69, 9.17) is 0 Å². The van der Waals surface area contributed by atoms with Crippen molar-refractivity contribution in [1.29, 1.82) is 0 Å². The van der Waals surface area contributed by atoms with Crippen LogP contribution in [0.25, 0.3) is 11.0 Å². The summed E-state index contributed by atoms with van der Waals surface area (Å²) in [4.78, 5) is 6.87. The summed E-state index contributed by atoms with van der Waals surface area (Å²) in [5.41, 5.74) is 2.18. The summed E-state index contributed by atoms with van der Waals surface area (Å²) in [5.74, 6) is 1.37. The Morgan fingerprint density at radius 2 is 2.10 bits per heavy atom. The van der Waals surface area contributed by atoms with Crippen LogP contribution in [0.15, 0.2) is 18.5 Å². The molecule has 0 spiro atoms. The van der Waals surface area contributed by atoms with Crippen LogP contribution in [0, 0.1) is 11.8 Å². The molecule has 0 radical (unpaired) electrons. The highest BCUT2D eigenvalue weighted by molar-refractivity contribution is 5.89. The van der Waals surface area contributed by atoms with E-state index in [1.54, 1.807) is 0 Å². The van der Waals surface area contributed by atoms with E-state index in [9.17, 15) is 5.11 Å². The molecule has 0 bridgehead atoms. The molecular weight excluding hydrogens is 252 g/mol. The standard InChI is InChI=1S/C15H20N4O/c1-18-15-13(7-17-18)14(4-5-16-15)19-8-10-2-3-12(20)6-11(10)9-19/h4-5,7,10-12,20H,2-3,6,8-9H2,1H3. The zero-order valence-electron chi connectivity index (χ0n) is 11.7. The highest BCUT2D eigenvalue weighted by Crippen LogP contribution is 2.39. The molecule has 2 aromatic rings. The lowest BCUT2D eigenvalue weighted by Gasteiger charge is -2.27. The van der Waals surface area contributed by atoms with Gasteiger partial charge < -0.3 is 10.0 Å². The van der Waals surface area contributed by atoms with E-state index in [0.29, 0.717) is 5.92 Å². The number of pyridine rings is 1. The van der Waals surface area contributed by atoms with Gasteiger partial charge in [0.25, 0.3) is 0 Å². The van der Waals surface area contributed by atoms with Crippen molar-refractivity contribution in [3.63, 3.8) is 0 Å². The highest BCUT2D eigenvalue weighted by Gasteiger charge is 2.37. The van der Waals surface area contributed by atoms with Crippen molar-refractivity contribution in [3.8, 4) is 0 Å². The molecule has 1 saturated heterocycles. The third-order valence-electron chi connectivity index (χ3n) is 4.98. The molecule has 2 fully saturated rings. The minimum absolute atomic E-state index is 0.0907. The fourth-order valence-corrected chi connectivity index (χ4v) is 3.91. The highest BCUT2D eigenvalue weighted by atomic mass is 16.3. The first-order valence-corrected chi connectivity index (χ1v) is 7.42. The van der Waals surface area contributed by atoms with Crippen molar-refractivity contribution in [1.82, 2.24) is 14.8 Å². The number of hydrogen-bond donors (Lipinski definition) is 1. The monoisotopic (exact) mass is 272 g/mol. The normalized spacial score (nSPS) is 29.9. The molecule has 2 aromatic heterocycles. The first-order valence-electron chi connectivity index (χ1n) is 7.42. The number of fused-ring (bicyclic) bond motifs is 2. The van der Waals surface area contributed by atoms with Gasteiger partial charge in [0.15, 0.2) is 5.65 Å². The predicted octanol–water partition coefficient (Wildman–Crippen LogP) is 1.57. The molecule has 106 valence electrons. The van der Waals surface area contributed by atoms with Crippen LogP contribution in [0.2, 0.25) is 0 Å². The van der Waals surface area contributed by atoms with E-state index in [2.05, 4.69) is 21.0 Å². The smallest absolute Gasteiger partial charge is 0.159 e. The van der Waals surface area contributed by atoms with Crippen LogP contribution in [-0.2, 0) is 7.05 Å². The first-order chi connectivity index (χ1) is 9.72. The Labute approximate surface area is 118 Å². The molecule has 1 aliphatic carbocycles. The Morgan fingerprint density at radius 1 is 1.25 bits per heavy atom. The molecule has 1 saturated carbocycles. The second-order valence-corrected chi connectivity index (χ2v) is 6.23. The van der Waals surface area contributed by atoms with Crippen LogP contribution < -0.4 is 4.90 Å². The predicted molar refractivity (Wildman–Crippen MR) is 77.6 cm³/mol. The number of aliphatic hydroxyl groups is 1. The average molecular weight is 272 g/mol. The molecule has 2 aliphatic rings. The number of rotatable bonds is 1. The van der Waals surface area contributed by atoms with Gasteiger partial charge in [0, 0.05) is 26.3 Å². The van der Waals surface area contributed by atoms with E-state index in [1.807, 2.05) is 24.1 Å². The van der Waals surface area contributed by atoms with Gasteiger partial charge in [-0.2, -0.15) is 5.10 Å². The van der Waals surface area contributed by atoms with Gasteiger partial charge >= 0.3 is 0 Å². The Morgan fingerprint density at radius 3 is 3.00 bits per heavy atom. The lowest BCUT2D eigenvalue weighted by Crippen LogP contribution is -2.26. The van der Waals surface area contributed by atoms with Gasteiger partial charge in [0.05, 0.1) is 23.4 Å². The maximum Gasteiger partial charge on any atom is 0.159 e. The fraction of sp³-hybridized carbons (Fsp3) is 0.600. The number of hydrogen-bond acceptors (Lipinski definition) is 4. The Kier molecular flexibility index (Phi) is 2.70. The van der Waals surface area contributed by atoms with Gasteiger partial charge in [-0.3, -0.25) is 4.68 Å². The molecule has 3 unspecified atom stereocenters. The van der Waals surface area contributed by atoms with Gasteiger partial charge in [0.1, 0.15) is 0 Å². The molecule has 0 aromatic carbocycles. The second kappa shape index (κ2) is 4.45. The van der Waals surface area contributed by atoms with E-state index >= 15 is 0 Å². The summed E-state index contributed by atoms with van der Waals surface area (Å²) >= 11 is 0. The van der Waals surface area contributed by atoms with Crippen molar-refractivity contribution in [2.24, 2.45) is 18.9 Å². The molecule has 1 aliphatic heterocycles. The maximum absolute atomic E-state index is 9.85. The van der Waals surface area contributed by atoms with Crippen molar-refractivity contribution in [2.75, 3.05) is 18.0 Å². The summed E-state index contributed by atoms with van der Waals surface area (Å²) in [6, 6.07) is 2.10. The molecule has 20 heavy (non-hydrogen) atoms. The molecular formula is C15H20N4O. The van der Waals surface area contributed by atoms with Gasteiger partial charge in [-0.1, -0.05) is 0 Å². The van der Waals surface area contributed by atoms with Crippen molar-refractivity contribution >= 4 is 16.7 Å². The third-order valence-corrected chi connectivity index (χ3v) is 4.98. The van der Waals surface area contributed by atoms with E-state index in [0.717, 1.165) is 49.3 Å². The van der Waals surface area contributed by atoms with Gasteiger partial charge in [-0.25, -0.2) is 4.98 Å². The Balaban J connectivity index is 1.67. The molecule has 4 rings (SSSR count). The van der Waals surface area contributed by atoms with Crippen LogP contribution in [0.3, 0.4) is 0 Å². The average Bonchev–Trinajstić information content (AvgIpc) is 3.02. The lowest BCUT2D eigenvalue weighted by atomic mass is 9.80. The van der Waals surface area contributed by atoms with Gasteiger partial charge in [0.2, 0.25) is 0 Å². The minimum Gasteiger partial charge on any atom is -0.393 e. The summed E-state index contributed by atoms with van der Waals surface area (Å²) < 4.78 is 1.83. The lowest BCUT2D eigenvalue weighted by molar-refractivity contribution is 0.0867. The van der Waals surface area contributed by atoms with Gasteiger partial charge in [-0.15, -0.1) is 0 Å². The minimum atomic E-state index is -0.0907. The summed E-state index contributed by atoms with van der Waals surface area (Å²) in [6.45, 7) is 2.15. The Bertz CT molecular complexity index is 638. The van der Waals surface area contributed by atoms with Crippen molar-refractivity contribution < 1.29 is 5.11 Å². The third kappa shape index (κ3) is 1.80. The van der Waals surface area contributed by atoms with Crippen LogP contribution in [0.1, 0.15) is 19.3 Å². The quantitative estimate of drug-likeness (QED) is 0.856. The van der Waals surface area contributed by atoms with Crippen LogP contribution in [-0.4, -0.2) is 39.1 Å². The molecule has 5 nitrogen and oxygen atoms in total. The molecule has 3 atom stereocenters. The molecule has 5 heteroatoms. The van der Waals surface area contributed by atoms with Crippen LogP contribution in [0.5, 0.6) is 0 Å². The number of aryl methyl sites for hydroxylation is 1. The fourth-order valence-electron chi connectivity index (χ4n) is 3.91. The summed E-state index contributed by atoms with van der Waals surface area (Å²) in [7, 11) is 1.93. The van der Waals surface area contributed by atoms with Crippen molar-refractivity contribution in [3.05, 3.63) is 18.5 Å². The van der Waals surface area contributed by atoms with Crippen molar-refractivity contribution in [2.45, 2.75) is 25.4 Å². The topological polar surface area (TPSA) is 54.2 Å².